The summed E-state index contributed by atoms with van der Waals surface area (Å²) in [6.45, 7) is 5.82. The largest absolute Gasteiger partial charge is 0.383 e. The Bertz CT molecular complexity index is 452. The van der Waals surface area contributed by atoms with E-state index in [2.05, 4.69) is 11.6 Å². The number of nitrogens with two attached hydrogens (primary N) is 1. The van der Waals surface area contributed by atoms with E-state index in [0.29, 0.717) is 11.7 Å². The van der Waals surface area contributed by atoms with E-state index >= 15 is 0 Å². The van der Waals surface area contributed by atoms with Crippen LogP contribution in [0.1, 0.15) is 6.92 Å². The van der Waals surface area contributed by atoms with Gasteiger partial charge in [-0.2, -0.15) is 0 Å². The highest BCUT2D eigenvalue weighted by Crippen LogP contribution is 2.32. The van der Waals surface area contributed by atoms with Crippen molar-refractivity contribution in [3.8, 4) is 0 Å². The lowest BCUT2D eigenvalue weighted by Gasteiger charge is -2.31. The van der Waals surface area contributed by atoms with Crippen molar-refractivity contribution < 1.29 is 18.6 Å². The Morgan fingerprint density at radius 1 is 1.55 bits per heavy atom. The van der Waals surface area contributed by atoms with Gasteiger partial charge in [-0.15, -0.1) is 0 Å². The SMILES string of the molecule is C=C1N=C(N)C(C)=CN1[C@@H]1OC(COC)[C@@H](OC)C1F. The van der Waals surface area contributed by atoms with Crippen molar-refractivity contribution in [1.82, 2.24) is 4.90 Å². The molecule has 4 atom stereocenters. The van der Waals surface area contributed by atoms with Crippen LogP contribution in [0.25, 0.3) is 0 Å². The molecule has 0 radical (unpaired) electrons. The Kier molecular flexibility index (Phi) is 4.42. The van der Waals surface area contributed by atoms with Gasteiger partial charge < -0.3 is 24.8 Å². The molecule has 7 heteroatoms. The molecule has 2 N–H and O–H groups in total. The molecule has 2 heterocycles. The van der Waals surface area contributed by atoms with Crippen LogP contribution in [0.15, 0.2) is 29.2 Å². The highest BCUT2D eigenvalue weighted by atomic mass is 19.1. The molecule has 1 fully saturated rings. The molecule has 0 amide bonds. The zero-order valence-electron chi connectivity index (χ0n) is 11.9. The average molecular weight is 285 g/mol. The first-order valence-electron chi connectivity index (χ1n) is 6.31. The molecule has 2 aliphatic rings. The number of alkyl halides is 1. The van der Waals surface area contributed by atoms with Gasteiger partial charge in [0.2, 0.25) is 0 Å². The van der Waals surface area contributed by atoms with Crippen molar-refractivity contribution >= 4 is 5.84 Å². The normalized spacial score (nSPS) is 34.2. The summed E-state index contributed by atoms with van der Waals surface area (Å²) in [6.07, 6.45) is -1.67. The lowest BCUT2D eigenvalue weighted by atomic mass is 10.1. The molecule has 0 aromatic heterocycles. The minimum absolute atomic E-state index is 0.254. The van der Waals surface area contributed by atoms with Crippen LogP contribution in [0.5, 0.6) is 0 Å². The summed E-state index contributed by atoms with van der Waals surface area (Å²) < 4.78 is 30.4. The van der Waals surface area contributed by atoms with Gasteiger partial charge >= 0.3 is 0 Å². The summed E-state index contributed by atoms with van der Waals surface area (Å²) in [6, 6.07) is 0. The second kappa shape index (κ2) is 5.90. The third kappa shape index (κ3) is 2.56. The summed E-state index contributed by atoms with van der Waals surface area (Å²) in [5.41, 5.74) is 6.44. The van der Waals surface area contributed by atoms with E-state index in [1.165, 1.54) is 19.1 Å². The van der Waals surface area contributed by atoms with Crippen molar-refractivity contribution in [1.29, 1.82) is 0 Å². The van der Waals surface area contributed by atoms with E-state index in [0.717, 1.165) is 5.57 Å². The number of aliphatic imine (C=N–C) groups is 1. The fraction of sp³-hybridized carbons (Fsp3) is 0.615. The third-order valence-electron chi connectivity index (χ3n) is 3.43. The van der Waals surface area contributed by atoms with E-state index in [-0.39, 0.29) is 6.61 Å². The molecule has 2 aliphatic heterocycles. The highest BCUT2D eigenvalue weighted by molar-refractivity contribution is 5.97. The first kappa shape index (κ1) is 15.0. The molecular formula is C13H20FN3O3. The van der Waals surface area contributed by atoms with Crippen LogP contribution in [-0.2, 0) is 14.2 Å². The summed E-state index contributed by atoms with van der Waals surface area (Å²) in [4.78, 5) is 5.62. The van der Waals surface area contributed by atoms with Gasteiger partial charge in [0, 0.05) is 26.0 Å². The quantitative estimate of drug-likeness (QED) is 0.826. The fourth-order valence-electron chi connectivity index (χ4n) is 2.35. The maximum atomic E-state index is 14.5. The summed E-state index contributed by atoms with van der Waals surface area (Å²) in [7, 11) is 2.99. The van der Waals surface area contributed by atoms with Crippen LogP contribution < -0.4 is 5.73 Å². The van der Waals surface area contributed by atoms with Gasteiger partial charge in [-0.05, 0) is 6.92 Å². The van der Waals surface area contributed by atoms with Crippen molar-refractivity contribution in [3.63, 3.8) is 0 Å². The maximum Gasteiger partial charge on any atom is 0.174 e. The number of amidine groups is 1. The van der Waals surface area contributed by atoms with E-state index < -0.39 is 24.6 Å². The maximum absolute atomic E-state index is 14.5. The standard InChI is InChI=1S/C13H20FN3O3/c1-7-5-17(8(2)16-12(7)15)13-10(14)11(19-4)9(20-13)6-18-3/h5,9-11,13H,2,6H2,1,3-4H3,(H2,15,16)/t9?,10?,11-,13-/m1/s1. The minimum Gasteiger partial charge on any atom is -0.383 e. The van der Waals surface area contributed by atoms with Crippen LogP contribution >= 0.6 is 0 Å². The first-order valence-corrected chi connectivity index (χ1v) is 6.31. The monoisotopic (exact) mass is 285 g/mol. The van der Waals surface area contributed by atoms with Crippen LogP contribution in [0.4, 0.5) is 4.39 Å². The third-order valence-corrected chi connectivity index (χ3v) is 3.43. The number of rotatable bonds is 4. The van der Waals surface area contributed by atoms with Crippen molar-refractivity contribution in [2.24, 2.45) is 10.7 Å². The van der Waals surface area contributed by atoms with Gasteiger partial charge in [0.05, 0.1) is 6.61 Å². The molecule has 2 rings (SSSR count). The predicted octanol–water partition coefficient (Wildman–Crippen LogP) is 0.759. The van der Waals surface area contributed by atoms with Crippen LogP contribution in [-0.4, -0.2) is 56.2 Å². The molecule has 2 unspecified atom stereocenters. The van der Waals surface area contributed by atoms with Gasteiger partial charge in [-0.25, -0.2) is 9.38 Å². The summed E-state index contributed by atoms with van der Waals surface area (Å²) in [5.74, 6) is 0.713. The van der Waals surface area contributed by atoms with Crippen LogP contribution in [0.2, 0.25) is 0 Å². The number of ether oxygens (including phenoxy) is 3. The molecule has 0 bridgehead atoms. The number of hydrogen-bond acceptors (Lipinski definition) is 6. The van der Waals surface area contributed by atoms with Crippen LogP contribution in [0, 0.1) is 0 Å². The molecule has 112 valence electrons. The Hall–Kier alpha value is -1.44. The molecule has 0 aromatic carbocycles. The zero-order chi connectivity index (χ0) is 14.9. The molecule has 0 spiro atoms. The summed E-state index contributed by atoms with van der Waals surface area (Å²) >= 11 is 0. The molecule has 0 aromatic rings. The van der Waals surface area contributed by atoms with Gasteiger partial charge in [0.1, 0.15) is 23.9 Å². The number of halogens is 1. The molecule has 20 heavy (non-hydrogen) atoms. The van der Waals surface area contributed by atoms with E-state index in [1.54, 1.807) is 13.1 Å². The molecule has 0 saturated carbocycles. The Labute approximate surface area is 117 Å². The van der Waals surface area contributed by atoms with E-state index in [1.807, 2.05) is 0 Å². The van der Waals surface area contributed by atoms with E-state index in [4.69, 9.17) is 19.9 Å². The highest BCUT2D eigenvalue weighted by Gasteiger charge is 2.48. The number of nitrogens with zero attached hydrogens (tertiary/aromatic N) is 2. The van der Waals surface area contributed by atoms with Crippen molar-refractivity contribution in [2.75, 3.05) is 20.8 Å². The Balaban J connectivity index is 2.19. The molecule has 0 aliphatic carbocycles. The van der Waals surface area contributed by atoms with Gasteiger partial charge in [-0.3, -0.25) is 0 Å². The molecular weight excluding hydrogens is 265 g/mol. The first-order chi connectivity index (χ1) is 9.49. The topological polar surface area (TPSA) is 69.3 Å². The van der Waals surface area contributed by atoms with Crippen molar-refractivity contribution in [3.05, 3.63) is 24.2 Å². The fourth-order valence-corrected chi connectivity index (χ4v) is 2.35. The lowest BCUT2D eigenvalue weighted by Crippen LogP contribution is -2.40. The van der Waals surface area contributed by atoms with Crippen molar-refractivity contribution in [2.45, 2.75) is 31.5 Å². The summed E-state index contributed by atoms with van der Waals surface area (Å²) in [5, 5.41) is 0. The van der Waals surface area contributed by atoms with E-state index in [9.17, 15) is 4.39 Å². The Morgan fingerprint density at radius 2 is 2.25 bits per heavy atom. The predicted molar refractivity (Wildman–Crippen MR) is 72.6 cm³/mol. The van der Waals surface area contributed by atoms with Gasteiger partial charge in [0.15, 0.2) is 12.4 Å². The Morgan fingerprint density at radius 3 is 2.85 bits per heavy atom. The minimum atomic E-state index is -1.34. The molecule has 1 saturated heterocycles. The second-order valence-corrected chi connectivity index (χ2v) is 4.80. The van der Waals surface area contributed by atoms with Gasteiger partial charge in [-0.1, -0.05) is 6.58 Å². The smallest absolute Gasteiger partial charge is 0.174 e. The average Bonchev–Trinajstić information content (AvgIpc) is 2.71. The zero-order valence-corrected chi connectivity index (χ0v) is 11.9. The van der Waals surface area contributed by atoms with Gasteiger partial charge in [0.25, 0.3) is 0 Å². The van der Waals surface area contributed by atoms with Crippen LogP contribution in [0.3, 0.4) is 0 Å². The number of hydrogen-bond donors (Lipinski definition) is 1. The lowest BCUT2D eigenvalue weighted by molar-refractivity contribution is -0.0716. The number of methoxy groups -OCH3 is 2. The molecule has 6 nitrogen and oxygen atoms in total. The second-order valence-electron chi connectivity index (χ2n) is 4.80.